The average Bonchev–Trinajstić information content (AvgIpc) is 3.69. The first-order chi connectivity index (χ1) is 18.6. The van der Waals surface area contributed by atoms with E-state index in [9.17, 15) is 0 Å². The van der Waals surface area contributed by atoms with Gasteiger partial charge in [-0.25, -0.2) is 9.67 Å². The Bertz CT molecular complexity index is 1440. The van der Waals surface area contributed by atoms with Gasteiger partial charge in [0.05, 0.1) is 31.0 Å². The summed E-state index contributed by atoms with van der Waals surface area (Å²) in [6.07, 6.45) is 9.25. The zero-order valence-electron chi connectivity index (χ0n) is 21.8. The molecule has 1 saturated heterocycles. The van der Waals surface area contributed by atoms with Crippen molar-refractivity contribution >= 4 is 22.6 Å². The highest BCUT2D eigenvalue weighted by molar-refractivity contribution is 5.90. The number of rotatable bonds is 11. The first-order valence-electron chi connectivity index (χ1n) is 12.6. The van der Waals surface area contributed by atoms with Crippen molar-refractivity contribution in [3.05, 3.63) is 60.9 Å². The van der Waals surface area contributed by atoms with Gasteiger partial charge in [-0.05, 0) is 37.3 Å². The van der Waals surface area contributed by atoms with Crippen LogP contribution in [0.15, 0.2) is 65.3 Å². The standard InChI is InChI=1S/C26H33N9O3/c1-4-20(37-17-16-36-3)8-7-19(2)33-12-9-32(10-13-33)11-14-34-24-21(18-28-34)25-29-23(22-6-5-15-38-22)31-35(25)26(27)30-24/h4-8,15,18H,2,9-14,16-17H2,1,3H3,(H2,27,30)/b8-7-,20-4+. The number of nitrogen functional groups attached to an aromatic ring is 1. The Hall–Kier alpha value is -4.16. The third-order valence-corrected chi connectivity index (χ3v) is 6.53. The number of piperazine rings is 1. The molecule has 0 unspecified atom stereocenters. The van der Waals surface area contributed by atoms with Gasteiger partial charge < -0.3 is 24.5 Å². The lowest BCUT2D eigenvalue weighted by atomic mass is 10.2. The average molecular weight is 520 g/mol. The van der Waals surface area contributed by atoms with Crippen LogP contribution in [-0.2, 0) is 16.0 Å². The molecule has 0 bridgehead atoms. The van der Waals surface area contributed by atoms with Gasteiger partial charge in [-0.15, -0.1) is 5.10 Å². The third kappa shape index (κ3) is 5.41. The number of allylic oxidation sites excluding steroid dienone is 3. The van der Waals surface area contributed by atoms with E-state index in [2.05, 4.69) is 36.5 Å². The second-order valence-corrected chi connectivity index (χ2v) is 8.91. The Morgan fingerprint density at radius 1 is 1.13 bits per heavy atom. The lowest BCUT2D eigenvalue weighted by Crippen LogP contribution is -2.46. The summed E-state index contributed by atoms with van der Waals surface area (Å²) in [7, 11) is 1.66. The van der Waals surface area contributed by atoms with Crippen molar-refractivity contribution in [1.82, 2.24) is 39.2 Å². The molecule has 38 heavy (non-hydrogen) atoms. The summed E-state index contributed by atoms with van der Waals surface area (Å²) < 4.78 is 19.6. The molecule has 5 heterocycles. The van der Waals surface area contributed by atoms with Crippen LogP contribution in [0, 0.1) is 0 Å². The maximum atomic E-state index is 6.21. The van der Waals surface area contributed by atoms with Crippen molar-refractivity contribution in [2.45, 2.75) is 13.5 Å². The van der Waals surface area contributed by atoms with Crippen LogP contribution in [-0.4, -0.2) is 92.2 Å². The van der Waals surface area contributed by atoms with Crippen molar-refractivity contribution in [2.75, 3.05) is 58.8 Å². The van der Waals surface area contributed by atoms with Gasteiger partial charge in [-0.3, -0.25) is 4.90 Å². The Kier molecular flexibility index (Phi) is 7.70. The van der Waals surface area contributed by atoms with Gasteiger partial charge in [0.1, 0.15) is 12.4 Å². The molecule has 4 aromatic heterocycles. The minimum atomic E-state index is 0.255. The van der Waals surface area contributed by atoms with Crippen LogP contribution < -0.4 is 5.73 Å². The minimum absolute atomic E-state index is 0.255. The summed E-state index contributed by atoms with van der Waals surface area (Å²) in [6.45, 7) is 12.5. The molecule has 0 atom stereocenters. The molecule has 0 saturated carbocycles. The van der Waals surface area contributed by atoms with E-state index in [0.717, 1.165) is 49.6 Å². The fraction of sp³-hybridized carbons (Fsp3) is 0.385. The minimum Gasteiger partial charge on any atom is -0.492 e. The summed E-state index contributed by atoms with van der Waals surface area (Å²) in [5.41, 5.74) is 8.49. The normalized spacial score (nSPS) is 15.3. The summed E-state index contributed by atoms with van der Waals surface area (Å²) in [5.74, 6) is 2.09. The molecule has 1 fully saturated rings. The number of methoxy groups -OCH3 is 1. The molecule has 0 aliphatic carbocycles. The quantitative estimate of drug-likeness (QED) is 0.180. The van der Waals surface area contributed by atoms with Gasteiger partial charge in [-0.2, -0.15) is 14.6 Å². The molecule has 0 amide bonds. The SMILES string of the molecule is C=C(/C=C\C(=C/C)OCCOC)N1CCN(CCn2ncc3c2nc(N)n2nc(-c4ccco4)nc32)CC1. The molecule has 1 aliphatic rings. The lowest BCUT2D eigenvalue weighted by molar-refractivity contribution is 0.114. The number of nitrogens with two attached hydrogens (primary N) is 1. The highest BCUT2D eigenvalue weighted by Gasteiger charge is 2.20. The zero-order valence-corrected chi connectivity index (χ0v) is 21.8. The van der Waals surface area contributed by atoms with E-state index in [-0.39, 0.29) is 5.95 Å². The van der Waals surface area contributed by atoms with E-state index in [0.29, 0.717) is 42.6 Å². The molecule has 0 aromatic carbocycles. The zero-order chi connectivity index (χ0) is 26.5. The smallest absolute Gasteiger partial charge is 0.225 e. The predicted octanol–water partition coefficient (Wildman–Crippen LogP) is 2.57. The first-order valence-corrected chi connectivity index (χ1v) is 12.6. The molecule has 1 aliphatic heterocycles. The predicted molar refractivity (Wildman–Crippen MR) is 144 cm³/mol. The maximum absolute atomic E-state index is 6.21. The Balaban J connectivity index is 1.17. The molecular weight excluding hydrogens is 486 g/mol. The van der Waals surface area contributed by atoms with Crippen LogP contribution in [0.4, 0.5) is 5.95 Å². The monoisotopic (exact) mass is 519 g/mol. The molecule has 0 spiro atoms. The second kappa shape index (κ2) is 11.5. The molecule has 200 valence electrons. The highest BCUT2D eigenvalue weighted by atomic mass is 16.5. The Morgan fingerprint density at radius 3 is 2.71 bits per heavy atom. The van der Waals surface area contributed by atoms with E-state index in [1.807, 2.05) is 35.9 Å². The van der Waals surface area contributed by atoms with Crippen molar-refractivity contribution in [3.63, 3.8) is 0 Å². The highest BCUT2D eigenvalue weighted by Crippen LogP contribution is 2.23. The molecule has 2 N–H and O–H groups in total. The van der Waals surface area contributed by atoms with Crippen molar-refractivity contribution in [3.8, 4) is 11.6 Å². The van der Waals surface area contributed by atoms with Crippen LogP contribution in [0.3, 0.4) is 0 Å². The number of fused-ring (bicyclic) bond motifs is 3. The number of furan rings is 1. The van der Waals surface area contributed by atoms with Crippen molar-refractivity contribution < 1.29 is 13.9 Å². The summed E-state index contributed by atoms with van der Waals surface area (Å²) >= 11 is 0. The molecular formula is C26H33N9O3. The van der Waals surface area contributed by atoms with Gasteiger partial charge in [0, 0.05) is 45.5 Å². The van der Waals surface area contributed by atoms with E-state index >= 15 is 0 Å². The van der Waals surface area contributed by atoms with Crippen LogP contribution >= 0.6 is 0 Å². The van der Waals surface area contributed by atoms with Gasteiger partial charge in [0.25, 0.3) is 0 Å². The third-order valence-electron chi connectivity index (χ3n) is 6.53. The van der Waals surface area contributed by atoms with Gasteiger partial charge in [0.2, 0.25) is 11.8 Å². The topological polar surface area (TPSA) is 125 Å². The summed E-state index contributed by atoms with van der Waals surface area (Å²) in [6, 6.07) is 3.60. The number of ether oxygens (including phenoxy) is 2. The fourth-order valence-electron chi connectivity index (χ4n) is 4.38. The van der Waals surface area contributed by atoms with Crippen LogP contribution in [0.5, 0.6) is 0 Å². The number of aromatic nitrogens is 6. The van der Waals surface area contributed by atoms with Crippen LogP contribution in [0.2, 0.25) is 0 Å². The van der Waals surface area contributed by atoms with Gasteiger partial charge in [0.15, 0.2) is 17.1 Å². The second-order valence-electron chi connectivity index (χ2n) is 8.91. The van der Waals surface area contributed by atoms with Crippen LogP contribution in [0.25, 0.3) is 28.3 Å². The number of anilines is 1. The fourth-order valence-corrected chi connectivity index (χ4v) is 4.38. The molecule has 0 radical (unpaired) electrons. The molecule has 5 rings (SSSR count). The summed E-state index contributed by atoms with van der Waals surface area (Å²) in [4.78, 5) is 13.9. The number of hydrogen-bond donors (Lipinski definition) is 1. The molecule has 4 aromatic rings. The Labute approximate surface area is 220 Å². The van der Waals surface area contributed by atoms with E-state index in [1.54, 1.807) is 25.6 Å². The van der Waals surface area contributed by atoms with Crippen molar-refractivity contribution in [2.24, 2.45) is 0 Å². The van der Waals surface area contributed by atoms with Gasteiger partial charge in [-0.1, -0.05) is 6.58 Å². The molecule has 12 nitrogen and oxygen atoms in total. The van der Waals surface area contributed by atoms with Crippen molar-refractivity contribution in [1.29, 1.82) is 0 Å². The van der Waals surface area contributed by atoms with E-state index < -0.39 is 0 Å². The number of nitrogens with zero attached hydrogens (tertiary/aromatic N) is 8. The summed E-state index contributed by atoms with van der Waals surface area (Å²) in [5, 5.41) is 9.81. The first kappa shape index (κ1) is 25.5. The van der Waals surface area contributed by atoms with Gasteiger partial charge >= 0.3 is 0 Å². The lowest BCUT2D eigenvalue weighted by Gasteiger charge is -2.36. The maximum Gasteiger partial charge on any atom is 0.225 e. The van der Waals surface area contributed by atoms with E-state index in [1.165, 1.54) is 4.52 Å². The largest absolute Gasteiger partial charge is 0.492 e. The molecule has 12 heteroatoms. The van der Waals surface area contributed by atoms with E-state index in [4.69, 9.17) is 19.6 Å². The number of hydrogen-bond acceptors (Lipinski definition) is 10. The Morgan fingerprint density at radius 2 is 1.97 bits per heavy atom. The van der Waals surface area contributed by atoms with Crippen LogP contribution in [0.1, 0.15) is 6.92 Å².